The summed E-state index contributed by atoms with van der Waals surface area (Å²) in [4.78, 5) is 265. The highest BCUT2D eigenvalue weighted by atomic mass is 35.5. The molecule has 2 aliphatic rings. The Morgan fingerprint density at radius 3 is 1.73 bits per heavy atom. The molecular weight excluding hydrogens is 1740 g/mol. The highest BCUT2D eigenvalue weighted by Gasteiger charge is 2.42. The first-order chi connectivity index (χ1) is 62.0. The number of nitrogens with two attached hydrogens (primary N) is 4. The number of aliphatic hydroxyl groups excluding tert-OH is 1. The maximum Gasteiger partial charge on any atom is 0.317 e. The average Bonchev–Trinajstić information content (AvgIpc) is 1.65. The molecule has 0 spiro atoms. The molecule has 0 aliphatic carbocycles. The molecule has 2 aromatic carbocycles. The summed E-state index contributed by atoms with van der Waals surface area (Å²) in [7, 11) is 5.76. The number of likely N-dealkylation sites (N-methyl/N-ethyl adjacent to an activating group) is 2. The van der Waals surface area contributed by atoms with Crippen LogP contribution >= 0.6 is 23.4 Å². The molecule has 5 heterocycles. The lowest BCUT2D eigenvalue weighted by molar-refractivity contribution is -0.145. The normalized spacial score (nSPS) is 23.0. The van der Waals surface area contributed by atoms with Crippen LogP contribution in [0.5, 0.6) is 0 Å². The van der Waals surface area contributed by atoms with Gasteiger partial charge in [-0.3, -0.25) is 91.4 Å². The number of hydrogen-bond donors (Lipinski definition) is 18. The zero-order chi connectivity index (χ0) is 96.6. The predicted molar refractivity (Wildman–Crippen MR) is 481 cm³/mol. The number of primary amides is 3. The Morgan fingerprint density at radius 2 is 1.10 bits per heavy atom. The summed E-state index contributed by atoms with van der Waals surface area (Å²) < 4.78 is 3.40. The quantitative estimate of drug-likeness (QED) is 0.0204. The molecule has 716 valence electrons. The molecule has 43 nitrogen and oxygen atoms in total. The number of unbranched alkanes of at least 4 members (excludes halogenated alkanes) is 2. The van der Waals surface area contributed by atoms with Crippen molar-refractivity contribution >= 4 is 152 Å². The van der Waals surface area contributed by atoms with Crippen molar-refractivity contribution in [1.29, 1.82) is 0 Å². The monoisotopic (exact) mass is 1870 g/mol. The van der Waals surface area contributed by atoms with E-state index in [2.05, 4.69) is 63.5 Å². The van der Waals surface area contributed by atoms with Gasteiger partial charge in [0.2, 0.25) is 88.6 Å². The Labute approximate surface area is 766 Å². The van der Waals surface area contributed by atoms with Gasteiger partial charge in [0.25, 0.3) is 0 Å². The summed E-state index contributed by atoms with van der Waals surface area (Å²) in [5, 5.41) is 61.4. The number of hydrogen-bond acceptors (Lipinski definition) is 23. The Bertz CT molecular complexity index is 4910. The van der Waals surface area contributed by atoms with E-state index >= 15 is 28.8 Å². The van der Waals surface area contributed by atoms with E-state index in [-0.39, 0.29) is 128 Å². The van der Waals surface area contributed by atoms with E-state index in [1.807, 2.05) is 0 Å². The number of nitrogens with one attached hydrogen (secondary N) is 11. The van der Waals surface area contributed by atoms with Gasteiger partial charge in [0.15, 0.2) is 0 Å². The number of pyridine rings is 1. The number of carbonyl (C=O) groups is 18. The lowest BCUT2D eigenvalue weighted by Crippen LogP contribution is -2.62. The van der Waals surface area contributed by atoms with E-state index in [1.54, 1.807) is 109 Å². The highest BCUT2D eigenvalue weighted by molar-refractivity contribution is 8.00. The number of thioether (sulfide) groups is 1. The minimum absolute atomic E-state index is 0.0132. The number of para-hydroxylation sites is 2. The van der Waals surface area contributed by atoms with Gasteiger partial charge in [0, 0.05) is 140 Å². The number of halogens is 1. The number of carbonyl (C=O) groups excluding carboxylic acids is 16. The van der Waals surface area contributed by atoms with E-state index in [4.69, 9.17) is 34.5 Å². The van der Waals surface area contributed by atoms with Crippen LogP contribution in [0.1, 0.15) is 128 Å². The maximum absolute atomic E-state index is 15.9. The molecule has 22 N–H and O–H groups in total. The highest BCUT2D eigenvalue weighted by Crippen LogP contribution is 2.30. The van der Waals surface area contributed by atoms with Gasteiger partial charge in [-0.05, 0) is 125 Å². The van der Waals surface area contributed by atoms with Crippen LogP contribution in [0.2, 0.25) is 5.02 Å². The molecule has 5 aromatic rings. The van der Waals surface area contributed by atoms with E-state index in [0.717, 1.165) is 35.5 Å². The molecule has 2 aliphatic heterocycles. The van der Waals surface area contributed by atoms with E-state index in [1.165, 1.54) is 31.3 Å². The zero-order valence-corrected chi connectivity index (χ0v) is 76.3. The SMILES string of the molecule is CC(C)C[C@@H]1NC(=O)[C@H](CC(N)=O)NC(=O)[C@H](Cc2cccnc2)N(C)C(=O)[C@@H](C)NC(=O)CSC[C@@H](C(N)=O)NC(=O)[C@H](CCCC(N)=O)NC(=O)[C@H]([C@@H](C)O)NC(=O)[C@H](Cc2cn(C)c3ccccc23)NC(=O)[C@H](CCCCNC(=O)N2CCN(CC(=O)O)CC2)NC(=O)[C@H](Cc2cn(C)c3c(Cl)cccc23)NC(=O)[C@H](CCC(=O)O)N(C)C(=O)[C@H](CCCCN)NC1=O. The third kappa shape index (κ3) is 32.2. The topological polar surface area (TPSA) is 640 Å². The smallest absolute Gasteiger partial charge is 0.317 e. The molecular formula is C86H123ClN22O21S. The van der Waals surface area contributed by atoms with Crippen molar-refractivity contribution in [3.05, 3.63) is 101 Å². The van der Waals surface area contributed by atoms with Gasteiger partial charge < -0.3 is 121 Å². The van der Waals surface area contributed by atoms with Crippen LogP contribution in [0, 0.1) is 5.92 Å². The van der Waals surface area contributed by atoms with Crippen molar-refractivity contribution in [2.75, 3.05) is 71.4 Å². The summed E-state index contributed by atoms with van der Waals surface area (Å²) in [5.74, 6) is -19.5. The van der Waals surface area contributed by atoms with Crippen LogP contribution in [0.25, 0.3) is 21.8 Å². The van der Waals surface area contributed by atoms with Gasteiger partial charge in [-0.1, -0.05) is 61.8 Å². The number of benzene rings is 2. The van der Waals surface area contributed by atoms with Crippen LogP contribution in [-0.4, -0.2) is 306 Å². The van der Waals surface area contributed by atoms with Crippen molar-refractivity contribution in [2.45, 2.75) is 209 Å². The summed E-state index contributed by atoms with van der Waals surface area (Å²) in [6, 6.07) is -5.85. The van der Waals surface area contributed by atoms with Gasteiger partial charge in [-0.15, -0.1) is 11.8 Å². The fourth-order valence-electron chi connectivity index (χ4n) is 15.5. The second-order valence-corrected chi connectivity index (χ2v) is 34.7. The van der Waals surface area contributed by atoms with Crippen LogP contribution < -0.4 is 81.4 Å². The Balaban J connectivity index is 1.36. The number of piperazine rings is 1. The van der Waals surface area contributed by atoms with Gasteiger partial charge in [0.05, 0.1) is 35.4 Å². The standard InChI is InChI=1S/C86H123ClN22O21S/c1-47(2)36-59-77(121)97-58(23-11-13-29-88)85(129)106(7)65(27-28-70(114)115)81(125)100-60(39-52-43-105(6)73-54(52)20-15-21-55(73)87)78(122)95-56(22-12-14-31-93-86(130)109-34-32-108(33-35-109)44-71(116)117)75(119)99-61(38-51-42-104(5)64-25-10-9-19-53(51)64)80(124)103-72(49(4)110)83(127)96-57(24-16-26-67(89)111)76(120)102-63(74(91)118)45-131-46-69(113)94-48(3)84(128)107(8)66(37-50-18-17-30-92-41-50)82(126)101-62(40-68(90)112)79(123)98-59/h9-10,15,17-21,25,30,41-43,47-49,56-63,65-66,72,110H,11-14,16,22-24,26-29,31-40,44-46,88H2,1-8H3,(H2,89,111)(H2,90,112)(H2,91,118)(H,93,130)(H,94,113)(H,95,122)(H,96,127)(H,97,121)(H,98,123)(H,99,119)(H,100,125)(H,101,126)(H,102,120)(H,103,124)(H,114,115)(H,116,117)/t48-,49-,56+,57+,58+,59+,60+,61+,62+,63+,65+,66+,72+/m1/s1. The third-order valence-corrected chi connectivity index (χ3v) is 23.8. The molecule has 131 heavy (non-hydrogen) atoms. The number of aliphatic hydroxyl groups is 1. The average molecular weight is 1870 g/mol. The summed E-state index contributed by atoms with van der Waals surface area (Å²) in [5.41, 5.74) is 25.3. The maximum atomic E-state index is 15.9. The molecule has 7 rings (SSSR count). The number of amides is 17. The van der Waals surface area contributed by atoms with Gasteiger partial charge in [0.1, 0.15) is 72.5 Å². The van der Waals surface area contributed by atoms with E-state index < -0.39 is 228 Å². The number of urea groups is 1. The Hall–Kier alpha value is -12.6. The molecule has 0 unspecified atom stereocenters. The van der Waals surface area contributed by atoms with Crippen LogP contribution in [0.15, 0.2) is 79.4 Å². The minimum Gasteiger partial charge on any atom is -0.481 e. The van der Waals surface area contributed by atoms with Crippen LogP contribution in [-0.2, 0) is 115 Å². The van der Waals surface area contributed by atoms with E-state index in [0.29, 0.717) is 38.5 Å². The molecule has 0 saturated carbocycles. The van der Waals surface area contributed by atoms with Gasteiger partial charge >= 0.3 is 18.0 Å². The minimum atomic E-state index is -2.00. The number of nitrogens with zero attached hydrogens (tertiary/aromatic N) is 7. The molecule has 3 aromatic heterocycles. The van der Waals surface area contributed by atoms with Crippen LogP contribution in [0.4, 0.5) is 4.79 Å². The Kier molecular flexibility index (Phi) is 41.2. The van der Waals surface area contributed by atoms with Crippen molar-refractivity contribution in [3.63, 3.8) is 0 Å². The number of fused-ring (bicyclic) bond motifs is 2. The summed E-state index contributed by atoms with van der Waals surface area (Å²) in [6.07, 6.45) is -0.0833. The molecule has 2 saturated heterocycles. The second kappa shape index (κ2) is 51.2. The van der Waals surface area contributed by atoms with Crippen molar-refractivity contribution in [1.82, 2.24) is 92.2 Å². The lowest BCUT2D eigenvalue weighted by Gasteiger charge is -2.33. The van der Waals surface area contributed by atoms with Crippen molar-refractivity contribution in [2.24, 2.45) is 42.9 Å². The number of aryl methyl sites for hydroxylation is 2. The largest absolute Gasteiger partial charge is 0.481 e. The molecule has 13 atom stereocenters. The summed E-state index contributed by atoms with van der Waals surface area (Å²) in [6.45, 7) is 6.59. The van der Waals surface area contributed by atoms with Gasteiger partial charge in [-0.2, -0.15) is 0 Å². The number of carboxylic acids is 2. The number of aromatic nitrogens is 3. The first-order valence-electron chi connectivity index (χ1n) is 43.3. The zero-order valence-electron chi connectivity index (χ0n) is 74.7. The fraction of sp³-hybridized carbons (Fsp3) is 0.547. The number of aliphatic carboxylic acids is 2. The first-order valence-corrected chi connectivity index (χ1v) is 44.8. The number of carboxylic acid groups (broad SMARTS) is 2. The van der Waals surface area contributed by atoms with Crippen molar-refractivity contribution < 1.29 is 102 Å². The first kappa shape index (κ1) is 105. The molecule has 17 amide bonds. The second-order valence-electron chi connectivity index (χ2n) is 33.3. The molecule has 0 radical (unpaired) electrons. The molecule has 0 bridgehead atoms. The van der Waals surface area contributed by atoms with Crippen molar-refractivity contribution in [3.8, 4) is 0 Å². The lowest BCUT2D eigenvalue weighted by atomic mass is 9.99. The molecule has 2 fully saturated rings. The predicted octanol–water partition coefficient (Wildman–Crippen LogP) is -2.97. The summed E-state index contributed by atoms with van der Waals surface area (Å²) >= 11 is 7.54. The fourth-order valence-corrected chi connectivity index (χ4v) is 16.6. The third-order valence-electron chi connectivity index (χ3n) is 22.5. The Morgan fingerprint density at radius 1 is 0.550 bits per heavy atom. The number of rotatable bonds is 30. The van der Waals surface area contributed by atoms with E-state index in [9.17, 15) is 72.9 Å². The van der Waals surface area contributed by atoms with Crippen LogP contribution in [0.3, 0.4) is 0 Å². The molecule has 45 heteroatoms. The van der Waals surface area contributed by atoms with Gasteiger partial charge in [-0.25, -0.2) is 4.79 Å².